The van der Waals surface area contributed by atoms with Crippen LogP contribution in [0.1, 0.15) is 44.1 Å². The van der Waals surface area contributed by atoms with Crippen molar-refractivity contribution in [1.82, 2.24) is 4.98 Å². The number of anilines is 1. The van der Waals surface area contributed by atoms with Gasteiger partial charge in [-0.15, -0.1) is 22.7 Å². The molecule has 3 nitrogen and oxygen atoms in total. The van der Waals surface area contributed by atoms with E-state index in [2.05, 4.69) is 22.4 Å². The first kappa shape index (κ1) is 15.5. The molecule has 0 radical (unpaired) electrons. The normalized spacial score (nSPS) is 13.5. The molecule has 1 aliphatic carbocycles. The van der Waals surface area contributed by atoms with E-state index in [1.807, 2.05) is 29.8 Å². The molecule has 0 fully saturated rings. The summed E-state index contributed by atoms with van der Waals surface area (Å²) in [5.41, 5.74) is 3.35. The van der Waals surface area contributed by atoms with Gasteiger partial charge in [-0.05, 0) is 36.8 Å². The first-order valence-electron chi connectivity index (χ1n) is 8.19. The molecule has 0 unspecified atom stereocenters. The van der Waals surface area contributed by atoms with E-state index in [0.717, 1.165) is 29.7 Å². The Morgan fingerprint density at radius 2 is 2.00 bits per heavy atom. The third-order valence-electron chi connectivity index (χ3n) is 4.30. The van der Waals surface area contributed by atoms with Gasteiger partial charge in [0.25, 0.3) is 5.91 Å². The van der Waals surface area contributed by atoms with E-state index in [-0.39, 0.29) is 5.91 Å². The molecule has 5 heteroatoms. The first-order chi connectivity index (χ1) is 11.8. The molecule has 0 atom stereocenters. The second-order valence-corrected chi connectivity index (χ2v) is 8.09. The zero-order chi connectivity index (χ0) is 16.4. The molecular formula is C19H18N2OS2. The number of hydrogen-bond acceptors (Lipinski definition) is 4. The smallest absolute Gasteiger partial charge is 0.258 e. The fourth-order valence-corrected chi connectivity index (χ4v) is 5.06. The highest BCUT2D eigenvalue weighted by molar-refractivity contribution is 7.15. The van der Waals surface area contributed by atoms with Gasteiger partial charge in [0.1, 0.15) is 0 Å². The molecule has 122 valence electrons. The largest absolute Gasteiger partial charge is 0.298 e. The minimum atomic E-state index is -0.0185. The number of rotatable bonds is 4. The van der Waals surface area contributed by atoms with Gasteiger partial charge < -0.3 is 0 Å². The van der Waals surface area contributed by atoms with Crippen LogP contribution in [-0.4, -0.2) is 10.9 Å². The number of benzene rings is 1. The van der Waals surface area contributed by atoms with E-state index in [9.17, 15) is 4.79 Å². The predicted molar refractivity (Wildman–Crippen MR) is 100 cm³/mol. The molecular weight excluding hydrogens is 336 g/mol. The lowest BCUT2D eigenvalue weighted by molar-refractivity contribution is 0.102. The van der Waals surface area contributed by atoms with Crippen molar-refractivity contribution in [2.24, 2.45) is 0 Å². The number of aromatic nitrogens is 1. The van der Waals surface area contributed by atoms with Crippen LogP contribution in [-0.2, 0) is 19.3 Å². The standard InChI is InChI=1S/C19H18N2OS2/c22-18(16-12-23-17-9-5-4-8-15(16)17)21-19-20-11-14(24-19)10-13-6-2-1-3-7-13/h1-3,6-7,11-12H,4-5,8-10H2,(H,20,21,22). The second kappa shape index (κ2) is 6.87. The maximum Gasteiger partial charge on any atom is 0.258 e. The number of fused-ring (bicyclic) bond motifs is 1. The number of hydrogen-bond donors (Lipinski definition) is 1. The van der Waals surface area contributed by atoms with Crippen molar-refractivity contribution in [1.29, 1.82) is 0 Å². The Bertz CT molecular complexity index is 851. The van der Waals surface area contributed by atoms with Crippen molar-refractivity contribution in [3.63, 3.8) is 0 Å². The molecule has 1 aromatic carbocycles. The zero-order valence-corrected chi connectivity index (χ0v) is 14.9. The van der Waals surface area contributed by atoms with E-state index < -0.39 is 0 Å². The maximum absolute atomic E-state index is 12.6. The minimum absolute atomic E-state index is 0.0185. The molecule has 0 saturated carbocycles. The number of thiophene rings is 1. The van der Waals surface area contributed by atoms with Crippen molar-refractivity contribution in [3.8, 4) is 0 Å². The highest BCUT2D eigenvalue weighted by Crippen LogP contribution is 2.31. The SMILES string of the molecule is O=C(Nc1ncc(Cc2ccccc2)s1)c1csc2c1CCCC2. The van der Waals surface area contributed by atoms with Crippen LogP contribution in [0.15, 0.2) is 41.9 Å². The fourth-order valence-electron chi connectivity index (χ4n) is 3.09. The Morgan fingerprint density at radius 1 is 1.17 bits per heavy atom. The number of nitrogens with one attached hydrogen (secondary N) is 1. The molecule has 0 saturated heterocycles. The molecule has 1 amide bonds. The summed E-state index contributed by atoms with van der Waals surface area (Å²) < 4.78 is 0. The number of amides is 1. The van der Waals surface area contributed by atoms with E-state index >= 15 is 0 Å². The van der Waals surface area contributed by atoms with Gasteiger partial charge in [-0.1, -0.05) is 30.3 Å². The number of aryl methyl sites for hydroxylation is 1. The van der Waals surface area contributed by atoms with Crippen LogP contribution in [0.25, 0.3) is 0 Å². The van der Waals surface area contributed by atoms with Gasteiger partial charge in [-0.25, -0.2) is 4.98 Å². The van der Waals surface area contributed by atoms with Gasteiger partial charge in [-0.3, -0.25) is 10.1 Å². The molecule has 4 rings (SSSR count). The van der Waals surface area contributed by atoms with E-state index in [4.69, 9.17) is 0 Å². The van der Waals surface area contributed by atoms with Crippen molar-refractivity contribution < 1.29 is 4.79 Å². The van der Waals surface area contributed by atoms with Gasteiger partial charge in [0, 0.05) is 27.8 Å². The van der Waals surface area contributed by atoms with E-state index in [0.29, 0.717) is 5.13 Å². The van der Waals surface area contributed by atoms with Crippen LogP contribution < -0.4 is 5.32 Å². The topological polar surface area (TPSA) is 42.0 Å². The average Bonchev–Trinajstić information content (AvgIpc) is 3.22. The van der Waals surface area contributed by atoms with E-state index in [1.54, 1.807) is 22.7 Å². The van der Waals surface area contributed by atoms with Crippen molar-refractivity contribution in [2.75, 3.05) is 5.32 Å². The Balaban J connectivity index is 1.46. The Morgan fingerprint density at radius 3 is 2.88 bits per heavy atom. The van der Waals surface area contributed by atoms with Gasteiger partial charge in [-0.2, -0.15) is 0 Å². The molecule has 0 aliphatic heterocycles. The Hall–Kier alpha value is -1.98. The molecule has 1 aliphatic rings. The van der Waals surface area contributed by atoms with Crippen LogP contribution in [0.4, 0.5) is 5.13 Å². The van der Waals surface area contributed by atoms with Gasteiger partial charge >= 0.3 is 0 Å². The minimum Gasteiger partial charge on any atom is -0.298 e. The lowest BCUT2D eigenvalue weighted by Gasteiger charge is -2.12. The van der Waals surface area contributed by atoms with Gasteiger partial charge in [0.15, 0.2) is 5.13 Å². The summed E-state index contributed by atoms with van der Waals surface area (Å²) >= 11 is 3.27. The number of thiazole rings is 1. The van der Waals surface area contributed by atoms with Crippen molar-refractivity contribution >= 4 is 33.7 Å². The maximum atomic E-state index is 12.6. The third kappa shape index (κ3) is 3.28. The summed E-state index contributed by atoms with van der Waals surface area (Å²) in [6, 6.07) is 10.3. The van der Waals surface area contributed by atoms with E-state index in [1.165, 1.54) is 28.8 Å². The molecule has 3 aromatic rings. The van der Waals surface area contributed by atoms with Crippen molar-refractivity contribution in [3.05, 3.63) is 68.4 Å². The molecule has 24 heavy (non-hydrogen) atoms. The zero-order valence-electron chi connectivity index (χ0n) is 13.2. The number of nitrogens with zero attached hydrogens (tertiary/aromatic N) is 1. The summed E-state index contributed by atoms with van der Waals surface area (Å²) in [5, 5.41) is 5.66. The summed E-state index contributed by atoms with van der Waals surface area (Å²) in [5.74, 6) is -0.0185. The monoisotopic (exact) mass is 354 g/mol. The second-order valence-electron chi connectivity index (χ2n) is 6.01. The quantitative estimate of drug-likeness (QED) is 0.722. The summed E-state index contributed by atoms with van der Waals surface area (Å²) in [7, 11) is 0. The number of carbonyl (C=O) groups excluding carboxylic acids is 1. The summed E-state index contributed by atoms with van der Waals surface area (Å²) in [6.45, 7) is 0. The lowest BCUT2D eigenvalue weighted by Crippen LogP contribution is -2.14. The molecule has 2 aromatic heterocycles. The van der Waals surface area contributed by atoms with Crippen LogP contribution in [0.3, 0.4) is 0 Å². The predicted octanol–water partition coefficient (Wildman–Crippen LogP) is 4.93. The highest BCUT2D eigenvalue weighted by Gasteiger charge is 2.20. The highest BCUT2D eigenvalue weighted by atomic mass is 32.1. The van der Waals surface area contributed by atoms with Crippen LogP contribution in [0.5, 0.6) is 0 Å². The van der Waals surface area contributed by atoms with Crippen LogP contribution >= 0.6 is 22.7 Å². The molecule has 0 spiro atoms. The fraction of sp³-hybridized carbons (Fsp3) is 0.263. The van der Waals surface area contributed by atoms with Crippen LogP contribution in [0.2, 0.25) is 0 Å². The summed E-state index contributed by atoms with van der Waals surface area (Å²) in [6.07, 6.45) is 7.27. The third-order valence-corrected chi connectivity index (χ3v) is 6.30. The Kier molecular flexibility index (Phi) is 4.45. The number of carbonyl (C=O) groups is 1. The van der Waals surface area contributed by atoms with Crippen molar-refractivity contribution in [2.45, 2.75) is 32.1 Å². The summed E-state index contributed by atoms with van der Waals surface area (Å²) in [4.78, 5) is 19.5. The Labute approximate surface area is 149 Å². The first-order valence-corrected chi connectivity index (χ1v) is 9.88. The average molecular weight is 355 g/mol. The molecule has 0 bridgehead atoms. The van der Waals surface area contributed by atoms with Gasteiger partial charge in [0.05, 0.1) is 5.56 Å². The van der Waals surface area contributed by atoms with Crippen LogP contribution in [0, 0.1) is 0 Å². The van der Waals surface area contributed by atoms with Gasteiger partial charge in [0.2, 0.25) is 0 Å². The molecule has 1 N–H and O–H groups in total. The molecule has 2 heterocycles. The lowest BCUT2D eigenvalue weighted by atomic mass is 9.96.